The second-order valence-electron chi connectivity index (χ2n) is 6.61. The molecular formula is C19H27NO5. The number of carbonyl (C=O) groups is 3. The Morgan fingerprint density at radius 1 is 1.00 bits per heavy atom. The molecule has 0 bridgehead atoms. The average Bonchev–Trinajstić information content (AvgIpc) is 2.52. The number of carboxylic acid groups (broad SMARTS) is 2. The zero-order valence-corrected chi connectivity index (χ0v) is 15.0. The minimum absolute atomic E-state index is 0.167. The second-order valence-corrected chi connectivity index (χ2v) is 6.61. The van der Waals surface area contributed by atoms with E-state index in [0.717, 1.165) is 0 Å². The molecule has 138 valence electrons. The summed E-state index contributed by atoms with van der Waals surface area (Å²) < 4.78 is 0. The Morgan fingerprint density at radius 2 is 1.56 bits per heavy atom. The van der Waals surface area contributed by atoms with Crippen LogP contribution >= 0.6 is 0 Å². The van der Waals surface area contributed by atoms with Gasteiger partial charge in [0.15, 0.2) is 0 Å². The summed E-state index contributed by atoms with van der Waals surface area (Å²) in [5, 5.41) is 18.5. The Morgan fingerprint density at radius 3 is 2.00 bits per heavy atom. The largest absolute Gasteiger partial charge is 0.481 e. The molecule has 0 aliphatic carbocycles. The van der Waals surface area contributed by atoms with Gasteiger partial charge in [0.1, 0.15) is 0 Å². The van der Waals surface area contributed by atoms with Crippen molar-refractivity contribution in [3.8, 4) is 0 Å². The van der Waals surface area contributed by atoms with Crippen molar-refractivity contribution in [2.24, 2.45) is 17.8 Å². The highest BCUT2D eigenvalue weighted by Crippen LogP contribution is 2.30. The molecule has 2 atom stereocenters. The summed E-state index contributed by atoms with van der Waals surface area (Å²) in [6.45, 7) is 6.08. The average molecular weight is 349 g/mol. The van der Waals surface area contributed by atoms with Crippen molar-refractivity contribution >= 4 is 23.5 Å². The van der Waals surface area contributed by atoms with Crippen molar-refractivity contribution in [3.05, 3.63) is 30.3 Å². The number of benzene rings is 1. The number of aliphatic carboxylic acids is 2. The highest BCUT2D eigenvalue weighted by Gasteiger charge is 2.35. The van der Waals surface area contributed by atoms with Crippen LogP contribution in [0.25, 0.3) is 0 Å². The van der Waals surface area contributed by atoms with E-state index in [9.17, 15) is 24.6 Å². The van der Waals surface area contributed by atoms with Gasteiger partial charge in [-0.2, -0.15) is 0 Å². The van der Waals surface area contributed by atoms with E-state index in [1.165, 1.54) is 4.90 Å². The lowest BCUT2D eigenvalue weighted by Crippen LogP contribution is -2.41. The van der Waals surface area contributed by atoms with Gasteiger partial charge < -0.3 is 15.1 Å². The maximum atomic E-state index is 13.1. The van der Waals surface area contributed by atoms with Crippen LogP contribution in [-0.4, -0.2) is 34.6 Å². The van der Waals surface area contributed by atoms with Gasteiger partial charge in [-0.15, -0.1) is 0 Å². The molecule has 0 spiro atoms. The Balaban J connectivity index is 3.18. The third-order valence-electron chi connectivity index (χ3n) is 4.14. The molecule has 0 saturated heterocycles. The number of carboxylic acids is 2. The minimum Gasteiger partial charge on any atom is -0.481 e. The van der Waals surface area contributed by atoms with E-state index in [1.807, 2.05) is 26.8 Å². The van der Waals surface area contributed by atoms with Crippen molar-refractivity contribution in [2.75, 3.05) is 11.4 Å². The molecule has 1 rings (SSSR count). The SMILES string of the molecule is CCN(C(=O)C(CC(=O)O)C(CC(=O)O)CC(C)C)c1ccccc1. The molecule has 0 heterocycles. The lowest BCUT2D eigenvalue weighted by atomic mass is 9.80. The summed E-state index contributed by atoms with van der Waals surface area (Å²) >= 11 is 0. The number of amides is 1. The zero-order valence-electron chi connectivity index (χ0n) is 15.0. The molecule has 0 aliphatic rings. The van der Waals surface area contributed by atoms with Crippen LogP contribution in [0.5, 0.6) is 0 Å². The van der Waals surface area contributed by atoms with Crippen LogP contribution in [0.15, 0.2) is 30.3 Å². The Bertz CT molecular complexity index is 585. The van der Waals surface area contributed by atoms with Crippen molar-refractivity contribution in [1.82, 2.24) is 0 Å². The fourth-order valence-corrected chi connectivity index (χ4v) is 3.14. The van der Waals surface area contributed by atoms with Gasteiger partial charge in [-0.05, 0) is 37.3 Å². The molecule has 0 aromatic heterocycles. The molecule has 0 fully saturated rings. The van der Waals surface area contributed by atoms with Crippen molar-refractivity contribution < 1.29 is 24.6 Å². The van der Waals surface area contributed by atoms with Crippen LogP contribution in [-0.2, 0) is 14.4 Å². The molecule has 0 aliphatic heterocycles. The maximum Gasteiger partial charge on any atom is 0.304 e. The van der Waals surface area contributed by atoms with Gasteiger partial charge in [0.05, 0.1) is 12.3 Å². The fraction of sp³-hybridized carbons (Fsp3) is 0.526. The number of anilines is 1. The van der Waals surface area contributed by atoms with Crippen LogP contribution in [0.3, 0.4) is 0 Å². The van der Waals surface area contributed by atoms with Gasteiger partial charge >= 0.3 is 11.9 Å². The van der Waals surface area contributed by atoms with E-state index < -0.39 is 23.8 Å². The quantitative estimate of drug-likeness (QED) is 0.676. The lowest BCUT2D eigenvalue weighted by Gasteiger charge is -2.31. The standard InChI is InChI=1S/C19H27NO5/c1-4-20(15-8-6-5-7-9-15)19(25)16(12-18(23)24)14(10-13(2)3)11-17(21)22/h5-9,13-14,16H,4,10-12H2,1-3H3,(H,21,22)(H,23,24). The van der Waals surface area contributed by atoms with E-state index >= 15 is 0 Å². The van der Waals surface area contributed by atoms with E-state index in [1.54, 1.807) is 24.3 Å². The first-order valence-electron chi connectivity index (χ1n) is 8.56. The second kappa shape index (κ2) is 9.81. The van der Waals surface area contributed by atoms with Gasteiger partial charge in [0.2, 0.25) is 5.91 Å². The lowest BCUT2D eigenvalue weighted by molar-refractivity contribution is -0.144. The number of hydrogen-bond donors (Lipinski definition) is 2. The zero-order chi connectivity index (χ0) is 19.0. The van der Waals surface area contributed by atoms with Crippen LogP contribution in [0.4, 0.5) is 5.69 Å². The van der Waals surface area contributed by atoms with Gasteiger partial charge in [-0.3, -0.25) is 14.4 Å². The van der Waals surface area contributed by atoms with E-state index in [-0.39, 0.29) is 24.7 Å². The van der Waals surface area contributed by atoms with Gasteiger partial charge in [-0.25, -0.2) is 0 Å². The fourth-order valence-electron chi connectivity index (χ4n) is 3.14. The summed E-state index contributed by atoms with van der Waals surface area (Å²) in [7, 11) is 0. The predicted octanol–water partition coefficient (Wildman–Crippen LogP) is 3.27. The normalized spacial score (nSPS) is 13.3. The summed E-state index contributed by atoms with van der Waals surface area (Å²) in [5.74, 6) is -3.66. The molecular weight excluding hydrogens is 322 g/mol. The van der Waals surface area contributed by atoms with Crippen LogP contribution in [0.2, 0.25) is 0 Å². The molecule has 6 nitrogen and oxygen atoms in total. The van der Waals surface area contributed by atoms with E-state index in [4.69, 9.17) is 0 Å². The maximum absolute atomic E-state index is 13.1. The summed E-state index contributed by atoms with van der Waals surface area (Å²) in [6, 6.07) is 9.02. The summed E-state index contributed by atoms with van der Waals surface area (Å²) in [4.78, 5) is 37.2. The molecule has 25 heavy (non-hydrogen) atoms. The highest BCUT2D eigenvalue weighted by molar-refractivity contribution is 5.97. The van der Waals surface area contributed by atoms with Gasteiger partial charge in [0.25, 0.3) is 0 Å². The molecule has 1 aromatic carbocycles. The number of nitrogens with zero attached hydrogens (tertiary/aromatic N) is 1. The summed E-state index contributed by atoms with van der Waals surface area (Å²) in [6.07, 6.45) is -0.0939. The van der Waals surface area contributed by atoms with Crippen molar-refractivity contribution in [2.45, 2.75) is 40.0 Å². The molecule has 6 heteroatoms. The number of hydrogen-bond acceptors (Lipinski definition) is 3. The number of carbonyl (C=O) groups excluding carboxylic acids is 1. The first-order valence-corrected chi connectivity index (χ1v) is 8.56. The van der Waals surface area contributed by atoms with Crippen LogP contribution in [0.1, 0.15) is 40.0 Å². The third kappa shape index (κ3) is 6.57. The van der Waals surface area contributed by atoms with Crippen molar-refractivity contribution in [1.29, 1.82) is 0 Å². The Hall–Kier alpha value is -2.37. The first-order chi connectivity index (χ1) is 11.8. The Labute approximate surface area is 148 Å². The molecule has 1 amide bonds. The van der Waals surface area contributed by atoms with Gasteiger partial charge in [-0.1, -0.05) is 32.0 Å². The third-order valence-corrected chi connectivity index (χ3v) is 4.14. The Kier molecular flexibility index (Phi) is 8.11. The van der Waals surface area contributed by atoms with E-state index in [2.05, 4.69) is 0 Å². The minimum atomic E-state index is -1.10. The topological polar surface area (TPSA) is 94.9 Å². The first kappa shape index (κ1) is 20.7. The monoisotopic (exact) mass is 349 g/mol. The van der Waals surface area contributed by atoms with Crippen molar-refractivity contribution in [3.63, 3.8) is 0 Å². The summed E-state index contributed by atoms with van der Waals surface area (Å²) in [5.41, 5.74) is 0.684. The molecule has 0 saturated carbocycles. The molecule has 2 N–H and O–H groups in total. The van der Waals surface area contributed by atoms with Crippen LogP contribution < -0.4 is 4.90 Å². The smallest absolute Gasteiger partial charge is 0.304 e. The highest BCUT2D eigenvalue weighted by atomic mass is 16.4. The van der Waals surface area contributed by atoms with E-state index in [0.29, 0.717) is 18.7 Å². The number of rotatable bonds is 10. The van der Waals surface area contributed by atoms with Crippen LogP contribution in [0, 0.1) is 17.8 Å². The van der Waals surface area contributed by atoms with Gasteiger partial charge in [0, 0.05) is 18.7 Å². The molecule has 2 unspecified atom stereocenters. The predicted molar refractivity (Wildman–Crippen MR) is 95.4 cm³/mol. The molecule has 0 radical (unpaired) electrons. The number of para-hydroxylation sites is 1. The molecule has 1 aromatic rings.